The summed E-state index contributed by atoms with van der Waals surface area (Å²) in [5, 5.41) is 0.609. The first kappa shape index (κ1) is 13.9. The number of rotatable bonds is 2. The Hall–Kier alpha value is -2.10. The predicted octanol–water partition coefficient (Wildman–Crippen LogP) is 2.72. The van der Waals surface area contributed by atoms with Crippen molar-refractivity contribution < 1.29 is 4.79 Å². The summed E-state index contributed by atoms with van der Waals surface area (Å²) in [6, 6.07) is 5.80. The fourth-order valence-corrected chi connectivity index (χ4v) is 2.91. The van der Waals surface area contributed by atoms with E-state index in [0.717, 1.165) is 49.9 Å². The van der Waals surface area contributed by atoms with E-state index in [1.54, 1.807) is 11.1 Å². The summed E-state index contributed by atoms with van der Waals surface area (Å²) in [5.74, 6) is -0.139. The Morgan fingerprint density at radius 1 is 1.24 bits per heavy atom. The molecule has 0 unspecified atom stereocenters. The number of aromatic amines is 1. The first-order valence-electron chi connectivity index (χ1n) is 7.64. The summed E-state index contributed by atoms with van der Waals surface area (Å²) < 4.78 is 0. The molecule has 3 rings (SSSR count). The second-order valence-corrected chi connectivity index (χ2v) is 5.62. The largest absolute Gasteiger partial charge is 0.360 e. The van der Waals surface area contributed by atoms with Gasteiger partial charge in [-0.2, -0.15) is 0 Å². The quantitative estimate of drug-likeness (QED) is 0.922. The Kier molecular flexibility index (Phi) is 3.78. The van der Waals surface area contributed by atoms with Crippen LogP contribution in [-0.2, 0) is 6.42 Å². The Morgan fingerprint density at radius 3 is 2.71 bits per heavy atom. The van der Waals surface area contributed by atoms with E-state index in [2.05, 4.69) is 11.9 Å². The van der Waals surface area contributed by atoms with Crippen LogP contribution in [0.3, 0.4) is 0 Å². The molecule has 0 saturated carbocycles. The molecule has 1 amide bonds. The van der Waals surface area contributed by atoms with Gasteiger partial charge in [0.15, 0.2) is 0 Å². The van der Waals surface area contributed by atoms with Crippen LogP contribution in [-0.4, -0.2) is 28.9 Å². The average molecular weight is 284 g/mol. The average Bonchev–Trinajstić information content (AvgIpc) is 2.55. The van der Waals surface area contributed by atoms with E-state index < -0.39 is 0 Å². The molecular formula is C17H20N2O2. The zero-order chi connectivity index (χ0) is 14.8. The number of likely N-dealkylation sites (tertiary alicyclic amines) is 1. The van der Waals surface area contributed by atoms with Gasteiger partial charge in [-0.1, -0.05) is 13.0 Å². The number of fused-ring (bicyclic) bond motifs is 1. The van der Waals surface area contributed by atoms with Crippen molar-refractivity contribution in [2.24, 2.45) is 0 Å². The number of aryl methyl sites for hydroxylation is 1. The van der Waals surface area contributed by atoms with E-state index in [-0.39, 0.29) is 16.9 Å². The van der Waals surface area contributed by atoms with Crippen LogP contribution in [0, 0.1) is 0 Å². The first-order chi connectivity index (χ1) is 10.2. The van der Waals surface area contributed by atoms with Gasteiger partial charge in [-0.25, -0.2) is 0 Å². The lowest BCUT2D eigenvalue weighted by Gasteiger charge is -2.26. The van der Waals surface area contributed by atoms with Gasteiger partial charge in [0.1, 0.15) is 5.56 Å². The minimum Gasteiger partial charge on any atom is -0.360 e. The van der Waals surface area contributed by atoms with Crippen LogP contribution in [0.15, 0.2) is 29.2 Å². The van der Waals surface area contributed by atoms with Crippen molar-refractivity contribution in [2.75, 3.05) is 13.1 Å². The summed E-state index contributed by atoms with van der Waals surface area (Å²) in [5.41, 5.74) is 2.00. The normalized spacial score (nSPS) is 15.4. The van der Waals surface area contributed by atoms with Crippen LogP contribution in [0.2, 0.25) is 0 Å². The van der Waals surface area contributed by atoms with Crippen molar-refractivity contribution in [3.63, 3.8) is 0 Å². The number of amides is 1. The molecule has 110 valence electrons. The number of piperidine rings is 1. The van der Waals surface area contributed by atoms with Gasteiger partial charge in [0.25, 0.3) is 5.91 Å². The van der Waals surface area contributed by atoms with Crippen LogP contribution in [0.4, 0.5) is 0 Å². The van der Waals surface area contributed by atoms with E-state index in [1.165, 1.54) is 0 Å². The zero-order valence-electron chi connectivity index (χ0n) is 12.3. The monoisotopic (exact) mass is 284 g/mol. The molecule has 2 aromatic rings. The van der Waals surface area contributed by atoms with Gasteiger partial charge in [-0.3, -0.25) is 9.59 Å². The highest BCUT2D eigenvalue weighted by Crippen LogP contribution is 2.15. The Morgan fingerprint density at radius 2 is 2.00 bits per heavy atom. The minimum absolute atomic E-state index is 0.139. The number of H-pyrrole nitrogens is 1. The summed E-state index contributed by atoms with van der Waals surface area (Å²) in [4.78, 5) is 30.0. The summed E-state index contributed by atoms with van der Waals surface area (Å²) in [7, 11) is 0. The number of hydrogen-bond acceptors (Lipinski definition) is 2. The fourth-order valence-electron chi connectivity index (χ4n) is 2.91. The summed E-state index contributed by atoms with van der Waals surface area (Å²) >= 11 is 0. The Bertz CT molecular complexity index is 727. The molecule has 0 spiro atoms. The maximum absolute atomic E-state index is 12.6. The van der Waals surface area contributed by atoms with Crippen molar-refractivity contribution in [3.8, 4) is 0 Å². The minimum atomic E-state index is -0.158. The van der Waals surface area contributed by atoms with Crippen molar-refractivity contribution in [3.05, 3.63) is 45.7 Å². The SMILES string of the molecule is CCc1ccc2[nH]cc(C(=O)N3CCCCC3)c(=O)c2c1. The van der Waals surface area contributed by atoms with Crippen LogP contribution in [0.5, 0.6) is 0 Å². The molecule has 1 aliphatic rings. The van der Waals surface area contributed by atoms with Crippen LogP contribution in [0.1, 0.15) is 42.1 Å². The maximum Gasteiger partial charge on any atom is 0.259 e. The van der Waals surface area contributed by atoms with Crippen molar-refractivity contribution >= 4 is 16.8 Å². The lowest BCUT2D eigenvalue weighted by atomic mass is 10.1. The van der Waals surface area contributed by atoms with E-state index in [1.807, 2.05) is 18.2 Å². The highest BCUT2D eigenvalue weighted by Gasteiger charge is 2.21. The van der Waals surface area contributed by atoms with Gasteiger partial charge in [0, 0.05) is 30.2 Å². The number of benzene rings is 1. The Labute approximate surface area is 123 Å². The molecule has 1 aromatic carbocycles. The number of nitrogens with one attached hydrogen (secondary N) is 1. The second-order valence-electron chi connectivity index (χ2n) is 5.62. The molecule has 1 aromatic heterocycles. The lowest BCUT2D eigenvalue weighted by molar-refractivity contribution is 0.0723. The van der Waals surface area contributed by atoms with Crippen LogP contribution >= 0.6 is 0 Å². The van der Waals surface area contributed by atoms with E-state index in [9.17, 15) is 9.59 Å². The van der Waals surface area contributed by atoms with E-state index in [4.69, 9.17) is 0 Å². The highest BCUT2D eigenvalue weighted by atomic mass is 16.2. The molecule has 1 saturated heterocycles. The van der Waals surface area contributed by atoms with Gasteiger partial charge in [-0.15, -0.1) is 0 Å². The van der Waals surface area contributed by atoms with Crippen LogP contribution in [0.25, 0.3) is 10.9 Å². The summed E-state index contributed by atoms with van der Waals surface area (Å²) in [6.45, 7) is 3.56. The van der Waals surface area contributed by atoms with Gasteiger partial charge in [-0.05, 0) is 43.4 Å². The molecule has 4 heteroatoms. The number of pyridine rings is 1. The van der Waals surface area contributed by atoms with Gasteiger partial charge in [0.05, 0.1) is 0 Å². The number of carbonyl (C=O) groups is 1. The van der Waals surface area contributed by atoms with Crippen LogP contribution < -0.4 is 5.43 Å². The number of aromatic nitrogens is 1. The molecule has 21 heavy (non-hydrogen) atoms. The van der Waals surface area contributed by atoms with Crippen molar-refractivity contribution in [1.29, 1.82) is 0 Å². The number of hydrogen-bond donors (Lipinski definition) is 1. The molecule has 1 N–H and O–H groups in total. The molecule has 1 aliphatic heterocycles. The third-order valence-electron chi connectivity index (χ3n) is 4.23. The first-order valence-corrected chi connectivity index (χ1v) is 7.64. The smallest absolute Gasteiger partial charge is 0.259 e. The summed E-state index contributed by atoms with van der Waals surface area (Å²) in [6.07, 6.45) is 5.65. The molecule has 4 nitrogen and oxygen atoms in total. The van der Waals surface area contributed by atoms with Gasteiger partial charge >= 0.3 is 0 Å². The molecule has 0 atom stereocenters. The van der Waals surface area contributed by atoms with E-state index >= 15 is 0 Å². The second kappa shape index (κ2) is 5.72. The highest BCUT2D eigenvalue weighted by molar-refractivity contribution is 5.97. The Balaban J connectivity index is 2.04. The third-order valence-corrected chi connectivity index (χ3v) is 4.23. The molecule has 0 aliphatic carbocycles. The van der Waals surface area contributed by atoms with Gasteiger partial charge in [0.2, 0.25) is 5.43 Å². The zero-order valence-corrected chi connectivity index (χ0v) is 12.3. The number of carbonyl (C=O) groups excluding carboxylic acids is 1. The molecular weight excluding hydrogens is 264 g/mol. The van der Waals surface area contributed by atoms with Crippen molar-refractivity contribution in [2.45, 2.75) is 32.6 Å². The van der Waals surface area contributed by atoms with Gasteiger partial charge < -0.3 is 9.88 Å². The number of nitrogens with zero attached hydrogens (tertiary/aromatic N) is 1. The maximum atomic E-state index is 12.6. The predicted molar refractivity (Wildman–Crippen MR) is 83.7 cm³/mol. The fraction of sp³-hybridized carbons (Fsp3) is 0.412. The lowest BCUT2D eigenvalue weighted by Crippen LogP contribution is -2.38. The van der Waals surface area contributed by atoms with Crippen molar-refractivity contribution in [1.82, 2.24) is 9.88 Å². The molecule has 2 heterocycles. The molecule has 0 radical (unpaired) electrons. The third kappa shape index (κ3) is 2.58. The molecule has 0 bridgehead atoms. The topological polar surface area (TPSA) is 53.2 Å². The van der Waals surface area contributed by atoms with E-state index in [0.29, 0.717) is 5.39 Å². The molecule has 1 fully saturated rings. The standard InChI is InChI=1S/C17H20N2O2/c1-2-12-6-7-15-13(10-12)16(20)14(11-18-15)17(21)19-8-4-3-5-9-19/h6-7,10-11H,2-5,8-9H2,1H3,(H,18,20).